The molecule has 74 valence electrons. The Morgan fingerprint density at radius 3 is 2.62 bits per heavy atom. The number of likely N-dealkylation sites (tertiary alicyclic amines) is 1. The first-order chi connectivity index (χ1) is 6.27. The van der Waals surface area contributed by atoms with E-state index in [1.54, 1.807) is 0 Å². The van der Waals surface area contributed by atoms with E-state index in [0.717, 1.165) is 12.8 Å². The highest BCUT2D eigenvalue weighted by Gasteiger charge is 2.31. The minimum absolute atomic E-state index is 0.247. The van der Waals surface area contributed by atoms with Gasteiger partial charge in [-0.1, -0.05) is 12.8 Å². The fraction of sp³-hybridized carbons (Fsp3) is 0.900. The number of aliphatic hydroxyl groups is 1. The molecule has 1 unspecified atom stereocenters. The van der Waals surface area contributed by atoms with Gasteiger partial charge in [0.1, 0.15) is 0 Å². The minimum atomic E-state index is -0.279. The van der Waals surface area contributed by atoms with Crippen LogP contribution in [-0.4, -0.2) is 34.6 Å². The van der Waals surface area contributed by atoms with Crippen molar-refractivity contribution in [2.24, 2.45) is 0 Å². The van der Waals surface area contributed by atoms with Crippen molar-refractivity contribution in [3.8, 4) is 0 Å². The Hall–Kier alpha value is -0.570. The zero-order valence-electron chi connectivity index (χ0n) is 7.91. The molecule has 3 nitrogen and oxygen atoms in total. The van der Waals surface area contributed by atoms with E-state index in [4.69, 9.17) is 0 Å². The van der Waals surface area contributed by atoms with E-state index in [0.29, 0.717) is 25.4 Å². The van der Waals surface area contributed by atoms with Crippen LogP contribution in [0.15, 0.2) is 0 Å². The lowest BCUT2D eigenvalue weighted by Crippen LogP contribution is -2.47. The molecule has 0 bridgehead atoms. The van der Waals surface area contributed by atoms with Crippen LogP contribution in [-0.2, 0) is 4.79 Å². The van der Waals surface area contributed by atoms with Crippen LogP contribution >= 0.6 is 0 Å². The molecule has 1 heterocycles. The number of carbonyl (C=O) groups is 1. The van der Waals surface area contributed by atoms with Gasteiger partial charge in [0.15, 0.2) is 0 Å². The first-order valence-corrected chi connectivity index (χ1v) is 5.25. The van der Waals surface area contributed by atoms with Gasteiger partial charge in [0.25, 0.3) is 0 Å². The van der Waals surface area contributed by atoms with Gasteiger partial charge in [0.2, 0.25) is 5.91 Å². The Bertz CT molecular complexity index is 199. The number of nitrogens with zero attached hydrogens (tertiary/aromatic N) is 1. The molecule has 0 aromatic rings. The normalized spacial score (nSPS) is 31.3. The summed E-state index contributed by atoms with van der Waals surface area (Å²) in [5.41, 5.74) is 0. The Balaban J connectivity index is 1.98. The van der Waals surface area contributed by atoms with E-state index < -0.39 is 0 Å². The monoisotopic (exact) mass is 183 g/mol. The largest absolute Gasteiger partial charge is 0.391 e. The Kier molecular flexibility index (Phi) is 2.54. The molecule has 0 aromatic heterocycles. The van der Waals surface area contributed by atoms with Crippen molar-refractivity contribution in [1.29, 1.82) is 0 Å². The molecule has 1 saturated heterocycles. The summed E-state index contributed by atoms with van der Waals surface area (Å²) >= 11 is 0. The maximum atomic E-state index is 11.5. The fourth-order valence-electron chi connectivity index (χ4n) is 2.42. The molecule has 2 fully saturated rings. The molecule has 13 heavy (non-hydrogen) atoms. The molecule has 1 saturated carbocycles. The molecule has 1 amide bonds. The van der Waals surface area contributed by atoms with Gasteiger partial charge >= 0.3 is 0 Å². The van der Waals surface area contributed by atoms with Crippen LogP contribution in [0, 0.1) is 0 Å². The highest BCUT2D eigenvalue weighted by atomic mass is 16.3. The average molecular weight is 183 g/mol. The number of amides is 1. The number of piperidine rings is 1. The lowest BCUT2D eigenvalue weighted by atomic mass is 10.0. The summed E-state index contributed by atoms with van der Waals surface area (Å²) in [6, 6.07) is 0.433. The van der Waals surface area contributed by atoms with Crippen molar-refractivity contribution in [2.45, 2.75) is 50.7 Å². The lowest BCUT2D eigenvalue weighted by Gasteiger charge is -2.34. The van der Waals surface area contributed by atoms with Crippen LogP contribution < -0.4 is 0 Å². The average Bonchev–Trinajstić information content (AvgIpc) is 2.61. The zero-order chi connectivity index (χ0) is 9.26. The predicted octanol–water partition coefficient (Wildman–Crippen LogP) is 0.912. The number of rotatable bonds is 1. The SMILES string of the molecule is O=C1CCC(O)CN1C1CCCC1. The minimum Gasteiger partial charge on any atom is -0.391 e. The molecule has 1 atom stereocenters. The van der Waals surface area contributed by atoms with Crippen LogP contribution in [0.2, 0.25) is 0 Å². The van der Waals surface area contributed by atoms with Gasteiger partial charge in [0.05, 0.1) is 6.10 Å². The van der Waals surface area contributed by atoms with Gasteiger partial charge in [-0.3, -0.25) is 4.79 Å². The maximum absolute atomic E-state index is 11.5. The summed E-state index contributed by atoms with van der Waals surface area (Å²) in [5.74, 6) is 0.247. The first kappa shape index (κ1) is 9.00. The molecule has 0 radical (unpaired) electrons. The predicted molar refractivity (Wildman–Crippen MR) is 49.2 cm³/mol. The Morgan fingerprint density at radius 2 is 1.92 bits per heavy atom. The summed E-state index contributed by atoms with van der Waals surface area (Å²) in [6.45, 7) is 0.573. The van der Waals surface area contributed by atoms with E-state index in [1.807, 2.05) is 4.90 Å². The summed E-state index contributed by atoms with van der Waals surface area (Å²) in [7, 11) is 0. The van der Waals surface area contributed by atoms with Crippen molar-refractivity contribution in [2.75, 3.05) is 6.54 Å². The zero-order valence-corrected chi connectivity index (χ0v) is 7.91. The second-order valence-corrected chi connectivity index (χ2v) is 4.18. The van der Waals surface area contributed by atoms with E-state index in [1.165, 1.54) is 12.8 Å². The Morgan fingerprint density at radius 1 is 1.23 bits per heavy atom. The molecular formula is C10H17NO2. The number of hydrogen-bond donors (Lipinski definition) is 1. The van der Waals surface area contributed by atoms with Gasteiger partial charge in [-0.2, -0.15) is 0 Å². The molecule has 1 aliphatic carbocycles. The molecule has 1 aliphatic heterocycles. The highest BCUT2D eigenvalue weighted by molar-refractivity contribution is 5.77. The molecule has 2 rings (SSSR count). The summed E-state index contributed by atoms with van der Waals surface area (Å²) in [4.78, 5) is 13.4. The van der Waals surface area contributed by atoms with Crippen molar-refractivity contribution >= 4 is 5.91 Å². The third-order valence-corrected chi connectivity index (χ3v) is 3.18. The summed E-state index contributed by atoms with van der Waals surface area (Å²) in [5, 5.41) is 9.46. The van der Waals surface area contributed by atoms with Crippen LogP contribution in [0.3, 0.4) is 0 Å². The molecule has 1 N–H and O–H groups in total. The molecular weight excluding hydrogens is 166 g/mol. The summed E-state index contributed by atoms with van der Waals surface area (Å²) in [6.07, 6.45) is 5.67. The fourth-order valence-corrected chi connectivity index (χ4v) is 2.42. The topological polar surface area (TPSA) is 40.5 Å². The third kappa shape index (κ3) is 1.85. The highest BCUT2D eigenvalue weighted by Crippen LogP contribution is 2.26. The second kappa shape index (κ2) is 3.66. The van der Waals surface area contributed by atoms with Crippen molar-refractivity contribution < 1.29 is 9.90 Å². The molecule has 0 spiro atoms. The van der Waals surface area contributed by atoms with Crippen molar-refractivity contribution in [3.05, 3.63) is 0 Å². The molecule has 0 aromatic carbocycles. The number of aliphatic hydroxyl groups excluding tert-OH is 1. The second-order valence-electron chi connectivity index (χ2n) is 4.18. The van der Waals surface area contributed by atoms with Crippen molar-refractivity contribution in [3.63, 3.8) is 0 Å². The quantitative estimate of drug-likeness (QED) is 0.656. The van der Waals surface area contributed by atoms with Gasteiger partial charge in [-0.05, 0) is 19.3 Å². The van der Waals surface area contributed by atoms with E-state index >= 15 is 0 Å². The smallest absolute Gasteiger partial charge is 0.223 e. The maximum Gasteiger partial charge on any atom is 0.223 e. The number of carbonyl (C=O) groups excluding carboxylic acids is 1. The van der Waals surface area contributed by atoms with Crippen LogP contribution in [0.25, 0.3) is 0 Å². The van der Waals surface area contributed by atoms with Crippen LogP contribution in [0.5, 0.6) is 0 Å². The van der Waals surface area contributed by atoms with E-state index in [2.05, 4.69) is 0 Å². The van der Waals surface area contributed by atoms with E-state index in [-0.39, 0.29) is 12.0 Å². The molecule has 2 aliphatic rings. The number of β-amino-alcohol motifs (C(OH)–C–C–N with tert-alkyl or cyclic N) is 1. The standard InChI is InChI=1S/C10H17NO2/c12-9-5-6-10(13)11(7-9)8-3-1-2-4-8/h8-9,12H,1-7H2. The van der Waals surface area contributed by atoms with Gasteiger partial charge in [-0.25, -0.2) is 0 Å². The Labute approximate surface area is 78.7 Å². The van der Waals surface area contributed by atoms with Crippen LogP contribution in [0.4, 0.5) is 0 Å². The van der Waals surface area contributed by atoms with Gasteiger partial charge in [0, 0.05) is 19.0 Å². The first-order valence-electron chi connectivity index (χ1n) is 5.25. The van der Waals surface area contributed by atoms with Gasteiger partial charge in [-0.15, -0.1) is 0 Å². The van der Waals surface area contributed by atoms with Gasteiger partial charge < -0.3 is 10.0 Å². The summed E-state index contributed by atoms with van der Waals surface area (Å²) < 4.78 is 0. The lowest BCUT2D eigenvalue weighted by molar-refractivity contribution is -0.139. The molecule has 3 heteroatoms. The third-order valence-electron chi connectivity index (χ3n) is 3.18. The van der Waals surface area contributed by atoms with Crippen molar-refractivity contribution in [1.82, 2.24) is 4.90 Å². The van der Waals surface area contributed by atoms with Crippen LogP contribution in [0.1, 0.15) is 38.5 Å². The van der Waals surface area contributed by atoms with E-state index in [9.17, 15) is 9.90 Å². The number of hydrogen-bond acceptors (Lipinski definition) is 2.